The van der Waals surface area contributed by atoms with Crippen molar-refractivity contribution in [3.63, 3.8) is 0 Å². The summed E-state index contributed by atoms with van der Waals surface area (Å²) in [6.07, 6.45) is 2.07. The normalized spacial score (nSPS) is 14.8. The Kier molecular flexibility index (Phi) is 9.60. The summed E-state index contributed by atoms with van der Waals surface area (Å²) >= 11 is 0. The van der Waals surface area contributed by atoms with E-state index in [-0.39, 0.29) is 12.8 Å². The molecule has 0 spiro atoms. The third-order valence-electron chi connectivity index (χ3n) is 6.88. The van der Waals surface area contributed by atoms with Gasteiger partial charge >= 0.3 is 0 Å². The van der Waals surface area contributed by atoms with Crippen LogP contribution in [0.25, 0.3) is 0 Å². The summed E-state index contributed by atoms with van der Waals surface area (Å²) in [4.78, 5) is 0. The minimum absolute atomic E-state index is 0.252. The lowest BCUT2D eigenvalue weighted by Crippen LogP contribution is -2.25. The monoisotopic (exact) mass is 501 g/mol. The van der Waals surface area contributed by atoms with Crippen LogP contribution in [0.4, 0.5) is 0 Å². The Hall–Kier alpha value is -2.80. The Labute approximate surface area is 216 Å². The predicted octanol–water partition coefficient (Wildman–Crippen LogP) is 6.67. The summed E-state index contributed by atoms with van der Waals surface area (Å²) in [7, 11) is 3.38. The van der Waals surface area contributed by atoms with Crippen molar-refractivity contribution < 1.29 is 28.4 Å². The van der Waals surface area contributed by atoms with Crippen LogP contribution in [0.5, 0.6) is 34.5 Å². The number of hydrogen-bond acceptors (Lipinski definition) is 7. The molecule has 0 radical (unpaired) electrons. The predicted molar refractivity (Wildman–Crippen MR) is 142 cm³/mol. The fourth-order valence-electron chi connectivity index (χ4n) is 4.52. The Morgan fingerprint density at radius 2 is 1.22 bits per heavy atom. The second-order valence-electron chi connectivity index (χ2n) is 9.79. The van der Waals surface area contributed by atoms with Gasteiger partial charge in [0.15, 0.2) is 23.0 Å². The Morgan fingerprint density at radius 3 is 1.67 bits per heavy atom. The number of methoxy groups -OCH3 is 2. The summed E-state index contributed by atoms with van der Waals surface area (Å²) in [5.74, 6) is 6.22. The van der Waals surface area contributed by atoms with E-state index in [0.717, 1.165) is 70.6 Å². The van der Waals surface area contributed by atoms with E-state index in [1.54, 1.807) is 14.2 Å². The van der Waals surface area contributed by atoms with Gasteiger partial charge in [0, 0.05) is 28.3 Å². The van der Waals surface area contributed by atoms with Gasteiger partial charge in [-0.25, -0.2) is 0 Å². The maximum atomic E-state index is 5.68. The van der Waals surface area contributed by atoms with Crippen molar-refractivity contribution in [1.82, 2.24) is 5.32 Å². The average Bonchev–Trinajstić information content (AvgIpc) is 3.56. The number of rotatable bonds is 9. The number of ether oxygens (including phenoxy) is 6. The molecular weight excluding hydrogens is 458 g/mol. The van der Waals surface area contributed by atoms with E-state index < -0.39 is 0 Å². The van der Waals surface area contributed by atoms with Gasteiger partial charge in [0.1, 0.15) is 11.5 Å². The smallest absolute Gasteiger partial charge is 0.231 e. The van der Waals surface area contributed by atoms with Crippen molar-refractivity contribution in [1.29, 1.82) is 0 Å². The fraction of sp³-hybridized carbons (Fsp3) is 0.586. The van der Waals surface area contributed by atoms with Crippen LogP contribution in [-0.4, -0.2) is 34.4 Å². The first kappa shape index (κ1) is 27.8. The van der Waals surface area contributed by atoms with Gasteiger partial charge in [-0.1, -0.05) is 34.6 Å². The number of fused-ring (bicyclic) bond motifs is 2. The highest BCUT2D eigenvalue weighted by Gasteiger charge is 2.27. The second kappa shape index (κ2) is 12.4. The van der Waals surface area contributed by atoms with Crippen LogP contribution in [0.3, 0.4) is 0 Å². The van der Waals surface area contributed by atoms with Crippen LogP contribution in [0.1, 0.15) is 81.7 Å². The molecule has 4 rings (SSSR count). The molecule has 2 atom stereocenters. The largest absolute Gasteiger partial charge is 0.496 e. The lowest BCUT2D eigenvalue weighted by Gasteiger charge is -2.22. The van der Waals surface area contributed by atoms with Crippen LogP contribution in [0.15, 0.2) is 12.1 Å². The van der Waals surface area contributed by atoms with E-state index in [0.29, 0.717) is 18.6 Å². The molecule has 200 valence electrons. The van der Waals surface area contributed by atoms with E-state index in [9.17, 15) is 0 Å². The van der Waals surface area contributed by atoms with E-state index in [1.165, 1.54) is 5.56 Å². The third-order valence-corrected chi connectivity index (χ3v) is 6.88. The van der Waals surface area contributed by atoms with Gasteiger partial charge in [0.2, 0.25) is 13.6 Å². The SMILES string of the molecule is CCC(NCC(C)C)c1cc(OC)c(C)c2c1OCO2.CC[C@H](C)c1cc(OC)c(C)c2c1OCO2. The van der Waals surface area contributed by atoms with Crippen molar-refractivity contribution in [2.75, 3.05) is 34.4 Å². The molecule has 36 heavy (non-hydrogen) atoms. The Balaban J connectivity index is 0.000000205. The molecule has 2 aromatic carbocycles. The molecule has 7 heteroatoms. The Bertz CT molecular complexity index is 1040. The highest BCUT2D eigenvalue weighted by molar-refractivity contribution is 5.60. The molecule has 0 aromatic heterocycles. The van der Waals surface area contributed by atoms with Gasteiger partial charge in [-0.15, -0.1) is 0 Å². The average molecular weight is 502 g/mol. The quantitative estimate of drug-likeness (QED) is 0.411. The maximum absolute atomic E-state index is 5.68. The highest BCUT2D eigenvalue weighted by Crippen LogP contribution is 2.47. The molecule has 1 N–H and O–H groups in total. The standard InChI is InChI=1S/C16H25NO3.C13H18O3/c1-6-13(17-8-10(2)3)12-7-14(18-5)11(4)15-16(12)20-9-19-15;1-5-8(2)10-6-11(14-4)9(3)12-13(10)16-7-15-12/h7,10,13,17H,6,8-9H2,1-5H3;6,8H,5,7H2,1-4H3/t;8-/m.0/s1. The van der Waals surface area contributed by atoms with Gasteiger partial charge in [-0.05, 0) is 57.2 Å². The van der Waals surface area contributed by atoms with Crippen LogP contribution in [0.2, 0.25) is 0 Å². The Morgan fingerprint density at radius 1 is 0.750 bits per heavy atom. The van der Waals surface area contributed by atoms with Crippen molar-refractivity contribution >= 4 is 0 Å². The fourth-order valence-corrected chi connectivity index (χ4v) is 4.52. The van der Waals surface area contributed by atoms with Crippen molar-refractivity contribution in [3.05, 3.63) is 34.4 Å². The minimum atomic E-state index is 0.252. The lowest BCUT2D eigenvalue weighted by atomic mass is 9.95. The molecule has 0 saturated carbocycles. The first-order valence-electron chi connectivity index (χ1n) is 12.9. The summed E-state index contributed by atoms with van der Waals surface area (Å²) in [6, 6.07) is 4.39. The third kappa shape index (κ3) is 5.77. The van der Waals surface area contributed by atoms with Gasteiger partial charge < -0.3 is 33.7 Å². The second-order valence-corrected chi connectivity index (χ2v) is 9.79. The van der Waals surface area contributed by atoms with Crippen LogP contribution >= 0.6 is 0 Å². The van der Waals surface area contributed by atoms with Gasteiger partial charge in [0.25, 0.3) is 0 Å². The topological polar surface area (TPSA) is 67.4 Å². The van der Waals surface area contributed by atoms with Crippen LogP contribution in [0, 0.1) is 19.8 Å². The molecule has 2 aliphatic heterocycles. The number of hydrogen-bond donors (Lipinski definition) is 1. The summed E-state index contributed by atoms with van der Waals surface area (Å²) < 4.78 is 33.2. The van der Waals surface area contributed by atoms with Crippen molar-refractivity contribution in [2.24, 2.45) is 5.92 Å². The molecule has 0 bridgehead atoms. The first-order valence-corrected chi connectivity index (χ1v) is 12.9. The van der Waals surface area contributed by atoms with Crippen LogP contribution < -0.4 is 33.7 Å². The van der Waals surface area contributed by atoms with Crippen LogP contribution in [-0.2, 0) is 0 Å². The van der Waals surface area contributed by atoms with E-state index in [4.69, 9.17) is 28.4 Å². The zero-order chi connectivity index (χ0) is 26.4. The van der Waals surface area contributed by atoms with E-state index in [2.05, 4.69) is 52.1 Å². The summed E-state index contributed by atoms with van der Waals surface area (Å²) in [5.41, 5.74) is 4.32. The number of nitrogens with one attached hydrogen (secondary N) is 1. The molecule has 0 aliphatic carbocycles. The molecule has 0 fully saturated rings. The maximum Gasteiger partial charge on any atom is 0.231 e. The molecule has 0 amide bonds. The van der Waals surface area contributed by atoms with Crippen molar-refractivity contribution in [3.8, 4) is 34.5 Å². The number of benzene rings is 2. The zero-order valence-corrected chi connectivity index (χ0v) is 23.4. The molecule has 2 heterocycles. The van der Waals surface area contributed by atoms with Gasteiger partial charge in [-0.3, -0.25) is 0 Å². The summed E-state index contributed by atoms with van der Waals surface area (Å²) in [6.45, 7) is 16.5. The molecule has 2 aliphatic rings. The molecule has 7 nitrogen and oxygen atoms in total. The van der Waals surface area contributed by atoms with Crippen molar-refractivity contribution in [2.45, 2.75) is 73.3 Å². The molecule has 2 aromatic rings. The first-order chi connectivity index (χ1) is 17.3. The minimum Gasteiger partial charge on any atom is -0.496 e. The summed E-state index contributed by atoms with van der Waals surface area (Å²) in [5, 5.41) is 3.59. The van der Waals surface area contributed by atoms with E-state index >= 15 is 0 Å². The molecular formula is C29H43NO6. The van der Waals surface area contributed by atoms with Gasteiger partial charge in [-0.2, -0.15) is 0 Å². The highest BCUT2D eigenvalue weighted by atomic mass is 16.7. The molecule has 0 saturated heterocycles. The van der Waals surface area contributed by atoms with E-state index in [1.807, 2.05) is 13.8 Å². The van der Waals surface area contributed by atoms with Gasteiger partial charge in [0.05, 0.1) is 14.2 Å². The molecule has 1 unspecified atom stereocenters. The zero-order valence-electron chi connectivity index (χ0n) is 23.4. The lowest BCUT2D eigenvalue weighted by molar-refractivity contribution is 0.172.